The van der Waals surface area contributed by atoms with E-state index in [1.165, 1.54) is 12.8 Å². The van der Waals surface area contributed by atoms with Crippen molar-refractivity contribution < 1.29 is 0 Å². The maximum absolute atomic E-state index is 3.34. The zero-order valence-corrected chi connectivity index (χ0v) is 6.52. The Hall–Kier alpha value is -0.0800. The van der Waals surface area contributed by atoms with Crippen molar-refractivity contribution in [2.45, 2.75) is 25.8 Å². The van der Waals surface area contributed by atoms with E-state index < -0.39 is 0 Å². The maximum Gasteiger partial charge on any atom is 0.0220 e. The van der Waals surface area contributed by atoms with E-state index in [0.717, 1.165) is 12.0 Å². The van der Waals surface area contributed by atoms with Crippen LogP contribution >= 0.6 is 0 Å². The molecule has 1 rings (SSSR count). The van der Waals surface area contributed by atoms with Crippen LogP contribution in [0.1, 0.15) is 19.8 Å². The fourth-order valence-corrected chi connectivity index (χ4v) is 1.37. The predicted octanol–water partition coefficient (Wildman–Crippen LogP) is 0.851. The average Bonchev–Trinajstić information content (AvgIpc) is 1.60. The monoisotopic (exact) mass is 128 g/mol. The van der Waals surface area contributed by atoms with Crippen LogP contribution in [0.5, 0.6) is 0 Å². The summed E-state index contributed by atoms with van der Waals surface area (Å²) in [5, 5.41) is 2.04. The highest BCUT2D eigenvalue weighted by atomic mass is 15.5. The van der Waals surface area contributed by atoms with Gasteiger partial charge in [-0.1, -0.05) is 6.92 Å². The Labute approximate surface area is 57.2 Å². The molecule has 1 aliphatic rings. The Balaban J connectivity index is 2.04. The second-order valence-electron chi connectivity index (χ2n) is 3.30. The van der Waals surface area contributed by atoms with Crippen LogP contribution in [0.15, 0.2) is 0 Å². The van der Waals surface area contributed by atoms with Crippen LogP contribution in [-0.2, 0) is 0 Å². The summed E-state index contributed by atoms with van der Waals surface area (Å²) in [5.41, 5.74) is 3.34. The molecule has 54 valence electrons. The first kappa shape index (κ1) is 7.03. The first-order valence-corrected chi connectivity index (χ1v) is 3.62. The van der Waals surface area contributed by atoms with E-state index in [-0.39, 0.29) is 0 Å². The van der Waals surface area contributed by atoms with E-state index in [9.17, 15) is 0 Å². The summed E-state index contributed by atoms with van der Waals surface area (Å²) in [5.74, 6) is 0.947. The number of rotatable bonds is 2. The maximum atomic E-state index is 3.34. The fourth-order valence-electron chi connectivity index (χ4n) is 1.37. The van der Waals surface area contributed by atoms with Crippen LogP contribution in [0, 0.1) is 5.92 Å². The molecule has 0 saturated heterocycles. The van der Waals surface area contributed by atoms with E-state index >= 15 is 0 Å². The Morgan fingerprint density at radius 3 is 2.22 bits per heavy atom. The molecule has 0 radical (unpaired) electrons. The highest BCUT2D eigenvalue weighted by molar-refractivity contribution is 4.80. The SMILES string of the molecule is CC1CC(NN(C)C)C1. The lowest BCUT2D eigenvalue weighted by Crippen LogP contribution is -2.46. The third kappa shape index (κ3) is 1.95. The molecule has 0 aromatic carbocycles. The molecule has 1 fully saturated rings. The second kappa shape index (κ2) is 2.67. The fraction of sp³-hybridized carbons (Fsp3) is 1.00. The van der Waals surface area contributed by atoms with Gasteiger partial charge < -0.3 is 0 Å². The molecule has 0 heterocycles. The van der Waals surface area contributed by atoms with Crippen molar-refractivity contribution in [1.82, 2.24) is 10.4 Å². The van der Waals surface area contributed by atoms with E-state index in [1.807, 2.05) is 19.1 Å². The molecule has 0 amide bonds. The molecular weight excluding hydrogens is 112 g/mol. The van der Waals surface area contributed by atoms with Gasteiger partial charge in [0.15, 0.2) is 0 Å². The lowest BCUT2D eigenvalue weighted by Gasteiger charge is -2.35. The lowest BCUT2D eigenvalue weighted by molar-refractivity contribution is 0.142. The van der Waals surface area contributed by atoms with Gasteiger partial charge in [0.2, 0.25) is 0 Å². The number of nitrogens with zero attached hydrogens (tertiary/aromatic N) is 1. The summed E-state index contributed by atoms with van der Waals surface area (Å²) in [7, 11) is 4.09. The Bertz CT molecular complexity index is 84.9. The van der Waals surface area contributed by atoms with Crippen LogP contribution in [0.4, 0.5) is 0 Å². The number of hydrazine groups is 1. The summed E-state index contributed by atoms with van der Waals surface area (Å²) in [4.78, 5) is 0. The normalized spacial score (nSPS) is 34.7. The average molecular weight is 128 g/mol. The number of nitrogens with one attached hydrogen (secondary N) is 1. The molecule has 1 saturated carbocycles. The van der Waals surface area contributed by atoms with Gasteiger partial charge in [-0.2, -0.15) is 0 Å². The van der Waals surface area contributed by atoms with Gasteiger partial charge in [0, 0.05) is 20.1 Å². The van der Waals surface area contributed by atoms with Crippen molar-refractivity contribution in [1.29, 1.82) is 0 Å². The van der Waals surface area contributed by atoms with Crippen LogP contribution in [0.3, 0.4) is 0 Å². The molecule has 0 unspecified atom stereocenters. The molecule has 0 spiro atoms. The van der Waals surface area contributed by atoms with Gasteiger partial charge in [0.05, 0.1) is 0 Å². The highest BCUT2D eigenvalue weighted by Crippen LogP contribution is 2.25. The van der Waals surface area contributed by atoms with Crippen LogP contribution < -0.4 is 5.43 Å². The van der Waals surface area contributed by atoms with Gasteiger partial charge in [0.25, 0.3) is 0 Å². The summed E-state index contributed by atoms with van der Waals surface area (Å²) in [6, 6.07) is 0.759. The van der Waals surface area contributed by atoms with Crippen molar-refractivity contribution >= 4 is 0 Å². The molecule has 1 N–H and O–H groups in total. The van der Waals surface area contributed by atoms with E-state index in [2.05, 4.69) is 12.3 Å². The molecule has 2 nitrogen and oxygen atoms in total. The summed E-state index contributed by atoms with van der Waals surface area (Å²) in [6.07, 6.45) is 2.69. The molecule has 0 bridgehead atoms. The third-order valence-electron chi connectivity index (χ3n) is 1.81. The third-order valence-corrected chi connectivity index (χ3v) is 1.81. The molecule has 0 atom stereocenters. The molecule has 9 heavy (non-hydrogen) atoms. The minimum atomic E-state index is 0.759. The summed E-state index contributed by atoms with van der Waals surface area (Å²) < 4.78 is 0. The van der Waals surface area contributed by atoms with Gasteiger partial charge in [-0.3, -0.25) is 10.4 Å². The van der Waals surface area contributed by atoms with Crippen molar-refractivity contribution in [2.75, 3.05) is 14.1 Å². The summed E-state index contributed by atoms with van der Waals surface area (Å²) in [6.45, 7) is 2.30. The Kier molecular flexibility index (Phi) is 2.09. The first-order chi connectivity index (χ1) is 4.18. The van der Waals surface area contributed by atoms with Crippen molar-refractivity contribution in [3.63, 3.8) is 0 Å². The Morgan fingerprint density at radius 2 is 1.89 bits per heavy atom. The first-order valence-electron chi connectivity index (χ1n) is 3.62. The molecule has 0 aromatic heterocycles. The second-order valence-corrected chi connectivity index (χ2v) is 3.30. The largest absolute Gasteiger partial charge is 0.253 e. The van der Waals surface area contributed by atoms with Crippen molar-refractivity contribution in [2.24, 2.45) is 5.92 Å². The number of hydrogen-bond acceptors (Lipinski definition) is 2. The number of hydrogen-bond donors (Lipinski definition) is 1. The van der Waals surface area contributed by atoms with Gasteiger partial charge >= 0.3 is 0 Å². The van der Waals surface area contributed by atoms with Gasteiger partial charge in [0.1, 0.15) is 0 Å². The standard InChI is InChI=1S/C7H16N2/c1-6-4-7(5-6)8-9(2)3/h6-8H,4-5H2,1-3H3. The quantitative estimate of drug-likeness (QED) is 0.555. The van der Waals surface area contributed by atoms with Crippen molar-refractivity contribution in [3.8, 4) is 0 Å². The van der Waals surface area contributed by atoms with Crippen molar-refractivity contribution in [3.05, 3.63) is 0 Å². The molecule has 2 heteroatoms. The Morgan fingerprint density at radius 1 is 1.33 bits per heavy atom. The van der Waals surface area contributed by atoms with E-state index in [1.54, 1.807) is 0 Å². The summed E-state index contributed by atoms with van der Waals surface area (Å²) >= 11 is 0. The van der Waals surface area contributed by atoms with E-state index in [4.69, 9.17) is 0 Å². The minimum absolute atomic E-state index is 0.759. The van der Waals surface area contributed by atoms with Crippen LogP contribution in [0.25, 0.3) is 0 Å². The lowest BCUT2D eigenvalue weighted by atomic mass is 9.82. The molecule has 1 aliphatic carbocycles. The highest BCUT2D eigenvalue weighted by Gasteiger charge is 2.24. The zero-order chi connectivity index (χ0) is 6.85. The topological polar surface area (TPSA) is 15.3 Å². The van der Waals surface area contributed by atoms with E-state index in [0.29, 0.717) is 0 Å². The smallest absolute Gasteiger partial charge is 0.0220 e. The minimum Gasteiger partial charge on any atom is -0.253 e. The van der Waals surface area contributed by atoms with Gasteiger partial charge in [-0.25, -0.2) is 0 Å². The molecule has 0 aromatic rings. The predicted molar refractivity (Wildman–Crippen MR) is 39.0 cm³/mol. The van der Waals surface area contributed by atoms with Gasteiger partial charge in [-0.05, 0) is 18.8 Å². The van der Waals surface area contributed by atoms with Crippen LogP contribution in [0.2, 0.25) is 0 Å². The zero-order valence-electron chi connectivity index (χ0n) is 6.52. The molecular formula is C7H16N2. The van der Waals surface area contributed by atoms with Gasteiger partial charge in [-0.15, -0.1) is 0 Å². The molecule has 0 aliphatic heterocycles. The van der Waals surface area contributed by atoms with Crippen LogP contribution in [-0.4, -0.2) is 25.1 Å².